The molecule has 2 heterocycles. The Kier molecular flexibility index (Phi) is 3.34. The molecule has 0 saturated carbocycles. The monoisotopic (exact) mass is 295 g/mol. The lowest BCUT2D eigenvalue weighted by Gasteiger charge is -2.05. The van der Waals surface area contributed by atoms with Gasteiger partial charge in [0.1, 0.15) is 11.4 Å². The third-order valence-corrected chi connectivity index (χ3v) is 3.24. The largest absolute Gasteiger partial charge is 0.508 e. The highest BCUT2D eigenvalue weighted by molar-refractivity contribution is 6.05. The molecular formula is C16H13N3O3. The predicted molar refractivity (Wildman–Crippen MR) is 82.2 cm³/mol. The lowest BCUT2D eigenvalue weighted by atomic mass is 10.2. The number of carbonyl (C=O) groups excluding carboxylic acids is 2. The van der Waals surface area contributed by atoms with Gasteiger partial charge in [0.2, 0.25) is 0 Å². The number of nitrogens with one attached hydrogen (secondary N) is 2. The second-order valence-corrected chi connectivity index (χ2v) is 4.90. The minimum Gasteiger partial charge on any atom is -0.508 e. The number of benzene rings is 1. The molecular weight excluding hydrogens is 282 g/mol. The Hall–Kier alpha value is -3.15. The van der Waals surface area contributed by atoms with Crippen molar-refractivity contribution >= 4 is 28.4 Å². The maximum Gasteiger partial charge on any atom is 0.255 e. The molecule has 1 aromatic carbocycles. The quantitative estimate of drug-likeness (QED) is 0.647. The molecule has 0 aliphatic rings. The van der Waals surface area contributed by atoms with Crippen LogP contribution in [0.15, 0.2) is 42.6 Å². The van der Waals surface area contributed by atoms with Crippen LogP contribution in [0.25, 0.3) is 11.0 Å². The Morgan fingerprint density at radius 1 is 1.18 bits per heavy atom. The number of H-pyrrole nitrogens is 1. The minimum atomic E-state index is -0.302. The normalized spacial score (nSPS) is 10.6. The van der Waals surface area contributed by atoms with Crippen molar-refractivity contribution in [2.75, 3.05) is 5.32 Å². The van der Waals surface area contributed by atoms with Crippen LogP contribution in [0.5, 0.6) is 5.75 Å². The fourth-order valence-corrected chi connectivity index (χ4v) is 2.09. The van der Waals surface area contributed by atoms with E-state index in [0.717, 1.165) is 5.39 Å². The van der Waals surface area contributed by atoms with Crippen molar-refractivity contribution in [1.29, 1.82) is 0 Å². The highest BCUT2D eigenvalue weighted by Crippen LogP contribution is 2.19. The number of carbonyl (C=O) groups is 2. The zero-order valence-electron chi connectivity index (χ0n) is 11.8. The van der Waals surface area contributed by atoms with Crippen molar-refractivity contribution in [1.82, 2.24) is 9.97 Å². The fraction of sp³-hybridized carbons (Fsp3) is 0.0625. The second-order valence-electron chi connectivity index (χ2n) is 4.90. The molecule has 0 unspecified atom stereocenters. The Balaban J connectivity index is 1.85. The number of anilines is 1. The molecule has 3 aromatic rings. The van der Waals surface area contributed by atoms with E-state index in [1.165, 1.54) is 37.4 Å². The summed E-state index contributed by atoms with van der Waals surface area (Å²) < 4.78 is 0. The number of aromatic amines is 1. The summed E-state index contributed by atoms with van der Waals surface area (Å²) in [5.74, 6) is -0.278. The van der Waals surface area contributed by atoms with Crippen molar-refractivity contribution in [3.05, 3.63) is 53.9 Å². The van der Waals surface area contributed by atoms with Gasteiger partial charge in [-0.05, 0) is 36.4 Å². The van der Waals surface area contributed by atoms with E-state index in [9.17, 15) is 14.7 Å². The SMILES string of the molecule is CC(=O)c1cc2cc(NC(=O)c3ccc(O)cc3)cnc2[nH]1. The third kappa shape index (κ3) is 2.67. The number of nitrogens with zero attached hydrogens (tertiary/aromatic N) is 1. The first-order valence-corrected chi connectivity index (χ1v) is 6.63. The summed E-state index contributed by atoms with van der Waals surface area (Å²) >= 11 is 0. The van der Waals surface area contributed by atoms with Crippen LogP contribution in [0.1, 0.15) is 27.8 Å². The van der Waals surface area contributed by atoms with Gasteiger partial charge in [-0.3, -0.25) is 9.59 Å². The molecule has 0 fully saturated rings. The summed E-state index contributed by atoms with van der Waals surface area (Å²) in [4.78, 5) is 30.5. The number of fused-ring (bicyclic) bond motifs is 1. The number of amides is 1. The summed E-state index contributed by atoms with van der Waals surface area (Å²) in [6.07, 6.45) is 1.51. The van der Waals surface area contributed by atoms with Crippen LogP contribution in [0, 0.1) is 0 Å². The average molecular weight is 295 g/mol. The van der Waals surface area contributed by atoms with E-state index in [0.29, 0.717) is 22.6 Å². The van der Waals surface area contributed by atoms with Gasteiger partial charge in [-0.15, -0.1) is 0 Å². The Labute approximate surface area is 125 Å². The molecule has 0 bridgehead atoms. The van der Waals surface area contributed by atoms with Crippen molar-refractivity contribution < 1.29 is 14.7 Å². The number of phenolic OH excluding ortho intramolecular Hbond substituents is 1. The molecule has 22 heavy (non-hydrogen) atoms. The number of pyridine rings is 1. The highest BCUT2D eigenvalue weighted by Gasteiger charge is 2.09. The number of Topliss-reactive ketones (excluding diaryl/α,β-unsaturated/α-hetero) is 1. The van der Waals surface area contributed by atoms with Crippen LogP contribution in [-0.4, -0.2) is 26.8 Å². The first-order valence-electron chi connectivity index (χ1n) is 6.63. The number of aromatic hydroxyl groups is 1. The van der Waals surface area contributed by atoms with E-state index >= 15 is 0 Å². The van der Waals surface area contributed by atoms with Gasteiger partial charge < -0.3 is 15.4 Å². The molecule has 2 aromatic heterocycles. The molecule has 0 radical (unpaired) electrons. The molecule has 0 aliphatic carbocycles. The van der Waals surface area contributed by atoms with Gasteiger partial charge in [0.25, 0.3) is 5.91 Å². The van der Waals surface area contributed by atoms with E-state index in [4.69, 9.17) is 0 Å². The first kappa shape index (κ1) is 13.8. The second kappa shape index (κ2) is 5.33. The van der Waals surface area contributed by atoms with Crippen molar-refractivity contribution in [2.24, 2.45) is 0 Å². The van der Waals surface area contributed by atoms with Crippen LogP contribution >= 0.6 is 0 Å². The third-order valence-electron chi connectivity index (χ3n) is 3.24. The van der Waals surface area contributed by atoms with Crippen LogP contribution in [-0.2, 0) is 0 Å². The molecule has 3 rings (SSSR count). The molecule has 6 heteroatoms. The zero-order chi connectivity index (χ0) is 15.7. The smallest absolute Gasteiger partial charge is 0.255 e. The number of aromatic nitrogens is 2. The van der Waals surface area contributed by atoms with Crippen molar-refractivity contribution in [3.8, 4) is 5.75 Å². The molecule has 3 N–H and O–H groups in total. The topological polar surface area (TPSA) is 95.1 Å². The Morgan fingerprint density at radius 3 is 2.59 bits per heavy atom. The zero-order valence-corrected chi connectivity index (χ0v) is 11.8. The summed E-state index contributed by atoms with van der Waals surface area (Å²) in [6, 6.07) is 9.38. The lowest BCUT2D eigenvalue weighted by Crippen LogP contribution is -2.11. The lowest BCUT2D eigenvalue weighted by molar-refractivity contribution is 0.101. The Bertz CT molecular complexity index is 866. The van der Waals surface area contributed by atoms with E-state index < -0.39 is 0 Å². The number of phenols is 1. The van der Waals surface area contributed by atoms with E-state index in [1.54, 1.807) is 12.1 Å². The summed E-state index contributed by atoms with van der Waals surface area (Å²) in [7, 11) is 0. The number of rotatable bonds is 3. The maximum absolute atomic E-state index is 12.1. The first-order chi connectivity index (χ1) is 10.5. The van der Waals surface area contributed by atoms with Gasteiger partial charge in [0.15, 0.2) is 5.78 Å². The summed E-state index contributed by atoms with van der Waals surface area (Å²) in [5, 5.41) is 12.7. The van der Waals surface area contributed by atoms with Crippen LogP contribution in [0.4, 0.5) is 5.69 Å². The summed E-state index contributed by atoms with van der Waals surface area (Å²) in [5.41, 5.74) is 2.02. The van der Waals surface area contributed by atoms with Crippen LogP contribution in [0.3, 0.4) is 0 Å². The average Bonchev–Trinajstić information content (AvgIpc) is 2.91. The highest BCUT2D eigenvalue weighted by atomic mass is 16.3. The van der Waals surface area contributed by atoms with Crippen LogP contribution < -0.4 is 5.32 Å². The minimum absolute atomic E-state index is 0.0762. The standard InChI is InChI=1S/C16H13N3O3/c1-9(20)14-7-11-6-12(8-17-15(11)19-14)18-16(22)10-2-4-13(21)5-3-10/h2-8,21H,1H3,(H,17,19)(H,18,22). The molecule has 6 nitrogen and oxygen atoms in total. The van der Waals surface area contributed by atoms with Gasteiger partial charge in [-0.2, -0.15) is 0 Å². The molecule has 0 aliphatic heterocycles. The molecule has 0 atom stereocenters. The van der Waals surface area contributed by atoms with Crippen molar-refractivity contribution in [2.45, 2.75) is 6.92 Å². The summed E-state index contributed by atoms with van der Waals surface area (Å²) in [6.45, 7) is 1.47. The van der Waals surface area contributed by atoms with E-state index in [2.05, 4.69) is 15.3 Å². The van der Waals surface area contributed by atoms with Crippen molar-refractivity contribution in [3.63, 3.8) is 0 Å². The van der Waals surface area contributed by atoms with Gasteiger partial charge in [0, 0.05) is 17.9 Å². The maximum atomic E-state index is 12.1. The van der Waals surface area contributed by atoms with Gasteiger partial charge in [0.05, 0.1) is 17.6 Å². The number of hydrogen-bond donors (Lipinski definition) is 3. The molecule has 1 amide bonds. The number of hydrogen-bond acceptors (Lipinski definition) is 4. The van der Waals surface area contributed by atoms with Gasteiger partial charge in [-0.25, -0.2) is 4.98 Å². The van der Waals surface area contributed by atoms with Crippen LogP contribution in [0.2, 0.25) is 0 Å². The Morgan fingerprint density at radius 2 is 1.91 bits per heavy atom. The molecule has 0 spiro atoms. The number of ketones is 1. The van der Waals surface area contributed by atoms with Gasteiger partial charge in [-0.1, -0.05) is 0 Å². The molecule has 110 valence electrons. The fourth-order valence-electron chi connectivity index (χ4n) is 2.09. The molecule has 0 saturated heterocycles. The van der Waals surface area contributed by atoms with E-state index in [-0.39, 0.29) is 17.4 Å². The predicted octanol–water partition coefficient (Wildman–Crippen LogP) is 2.72. The van der Waals surface area contributed by atoms with E-state index in [1.807, 2.05) is 0 Å². The van der Waals surface area contributed by atoms with Gasteiger partial charge >= 0.3 is 0 Å².